The zero-order valence-electron chi connectivity index (χ0n) is 15.7. The maximum atomic E-state index is 4.06. The number of rotatable bonds is 9. The van der Waals surface area contributed by atoms with Gasteiger partial charge < -0.3 is 0 Å². The van der Waals surface area contributed by atoms with Gasteiger partial charge in [-0.2, -0.15) is 0 Å². The van der Waals surface area contributed by atoms with Gasteiger partial charge in [-0.3, -0.25) is 0 Å². The minimum atomic E-state index is -2.90. The second-order valence-corrected chi connectivity index (χ2v) is 25.4. The molecule has 1 aromatic rings. The summed E-state index contributed by atoms with van der Waals surface area (Å²) in [6, 6.07) is 11.2. The largest absolute Gasteiger partial charge is 0.147 e. The van der Waals surface area contributed by atoms with Crippen LogP contribution in [0.2, 0.25) is 0 Å². The van der Waals surface area contributed by atoms with E-state index in [1.807, 2.05) is 0 Å². The smallest absolute Gasteiger partial charge is 0.147 e. The first-order valence-electron chi connectivity index (χ1n) is 9.04. The number of hydrogen-bond donors (Lipinski definition) is 0. The van der Waals surface area contributed by atoms with Crippen molar-refractivity contribution in [1.29, 1.82) is 0 Å². The standard InChI is InChI=1S/C6H10N.C6H7Si.2C5H5.2ClH.Zr/c1-3-5-7-6-4-2;7-6-4-2-1-3-5-6;2*1-2-4-5-3-1;;;/h3-4H,1-2,5-6H2;1-5H,7H2;2*1-3H,4H2;2*1H;/q-1;;;;;;+1. The molecule has 144 valence electrons. The second-order valence-electron chi connectivity index (χ2n) is 6.65. The number of benzene rings is 1. The Morgan fingerprint density at radius 3 is 1.81 bits per heavy atom. The molecule has 3 rings (SSSR count). The quantitative estimate of drug-likeness (QED) is 0.354. The Morgan fingerprint density at radius 2 is 1.41 bits per heavy atom. The number of hydrogen-bond acceptors (Lipinski definition) is 1. The van der Waals surface area contributed by atoms with Crippen molar-refractivity contribution in [3.05, 3.63) is 98.7 Å². The molecule has 0 atom stereocenters. The fourth-order valence-corrected chi connectivity index (χ4v) is 30.8. The molecule has 0 spiro atoms. The van der Waals surface area contributed by atoms with Crippen molar-refractivity contribution >= 4 is 36.6 Å². The first kappa shape index (κ1) is 24.3. The maximum Gasteiger partial charge on any atom is -0.147 e. The molecule has 2 aliphatic rings. The molecular formula is C22H29Cl2NSiZr. The van der Waals surface area contributed by atoms with Gasteiger partial charge >= 0.3 is 159 Å². The van der Waals surface area contributed by atoms with E-state index in [0.717, 1.165) is 25.9 Å². The Bertz CT molecular complexity index is 713. The Balaban J connectivity index is 0.00000182. The third-order valence-electron chi connectivity index (χ3n) is 5.15. The van der Waals surface area contributed by atoms with Crippen molar-refractivity contribution in [2.24, 2.45) is 0 Å². The minimum absolute atomic E-state index is 0. The molecule has 0 unspecified atom stereocenters. The molecule has 0 aliphatic heterocycles. The van der Waals surface area contributed by atoms with Crippen molar-refractivity contribution in [3.63, 3.8) is 0 Å². The van der Waals surface area contributed by atoms with E-state index < -0.39 is 26.4 Å². The molecule has 0 heterocycles. The zero-order valence-corrected chi connectivity index (χ0v) is 21.2. The van der Waals surface area contributed by atoms with E-state index in [0.29, 0.717) is 0 Å². The maximum absolute atomic E-state index is 4.06. The summed E-state index contributed by atoms with van der Waals surface area (Å²) in [7, 11) is 0. The predicted molar refractivity (Wildman–Crippen MR) is 125 cm³/mol. The van der Waals surface area contributed by atoms with Crippen LogP contribution in [0.1, 0.15) is 12.8 Å². The van der Waals surface area contributed by atoms with E-state index >= 15 is 0 Å². The number of nitrogens with zero attached hydrogens (tertiary/aromatic N) is 1. The van der Waals surface area contributed by atoms with Crippen molar-refractivity contribution in [2.75, 3.05) is 13.1 Å². The molecular weight excluding hydrogens is 468 g/mol. The Morgan fingerprint density at radius 1 is 0.889 bits per heavy atom. The van der Waals surface area contributed by atoms with Crippen LogP contribution in [0.4, 0.5) is 0 Å². The molecule has 0 radical (unpaired) electrons. The van der Waals surface area contributed by atoms with Gasteiger partial charge in [0.1, 0.15) is 0 Å². The van der Waals surface area contributed by atoms with E-state index in [1.54, 1.807) is 11.7 Å². The van der Waals surface area contributed by atoms with Gasteiger partial charge in [0, 0.05) is 0 Å². The molecule has 0 fully saturated rings. The van der Waals surface area contributed by atoms with Crippen LogP contribution in [0.15, 0.2) is 98.7 Å². The van der Waals surface area contributed by atoms with Gasteiger partial charge in [0.05, 0.1) is 0 Å². The summed E-state index contributed by atoms with van der Waals surface area (Å²) in [6.07, 6.45) is 20.5. The summed E-state index contributed by atoms with van der Waals surface area (Å²) >= 11 is -2.90. The van der Waals surface area contributed by atoms with E-state index in [9.17, 15) is 0 Å². The minimum Gasteiger partial charge on any atom is -0.147 e. The Labute approximate surface area is 182 Å². The van der Waals surface area contributed by atoms with Crippen molar-refractivity contribution in [3.8, 4) is 0 Å². The fraction of sp³-hybridized carbons (Fsp3) is 0.182. The summed E-state index contributed by atoms with van der Waals surface area (Å²) in [5, 5.41) is 1.59. The molecule has 5 heteroatoms. The summed E-state index contributed by atoms with van der Waals surface area (Å²) in [6.45, 7) is 9.63. The number of halogens is 2. The molecule has 27 heavy (non-hydrogen) atoms. The summed E-state index contributed by atoms with van der Waals surface area (Å²) < 4.78 is 6.28. The normalized spacial score (nSPS) is 15.4. The molecule has 2 aliphatic carbocycles. The van der Waals surface area contributed by atoms with Crippen LogP contribution < -0.4 is 5.19 Å². The molecule has 1 nitrogen and oxygen atoms in total. The van der Waals surface area contributed by atoms with E-state index in [4.69, 9.17) is 0 Å². The molecule has 0 saturated heterocycles. The van der Waals surface area contributed by atoms with Crippen LogP contribution in [0.25, 0.3) is 0 Å². The van der Waals surface area contributed by atoms with Crippen LogP contribution in [0.5, 0.6) is 0 Å². The molecule has 0 saturated carbocycles. The average Bonchev–Trinajstić information content (AvgIpc) is 3.34. The second kappa shape index (κ2) is 12.0. The van der Waals surface area contributed by atoms with Gasteiger partial charge in [-0.1, -0.05) is 0 Å². The van der Waals surface area contributed by atoms with Crippen LogP contribution in [-0.2, 0) is 19.7 Å². The summed E-state index contributed by atoms with van der Waals surface area (Å²) in [4.78, 5) is 0. The average molecular weight is 498 g/mol. The van der Waals surface area contributed by atoms with Gasteiger partial charge in [0.15, 0.2) is 0 Å². The van der Waals surface area contributed by atoms with Crippen molar-refractivity contribution in [1.82, 2.24) is 2.84 Å². The molecule has 0 bridgehead atoms. The van der Waals surface area contributed by atoms with Gasteiger partial charge in [-0.25, -0.2) is 0 Å². The van der Waals surface area contributed by atoms with Gasteiger partial charge in [-0.15, -0.1) is 24.8 Å². The van der Waals surface area contributed by atoms with E-state index in [-0.39, 0.29) is 24.8 Å². The van der Waals surface area contributed by atoms with E-state index in [1.165, 1.54) is 0 Å². The predicted octanol–water partition coefficient (Wildman–Crippen LogP) is 4.67. The Kier molecular flexibility index (Phi) is 10.8. The van der Waals surface area contributed by atoms with Crippen LogP contribution in [0.3, 0.4) is 0 Å². The molecule has 0 aromatic heterocycles. The van der Waals surface area contributed by atoms with Gasteiger partial charge in [0.25, 0.3) is 0 Å². The van der Waals surface area contributed by atoms with Crippen LogP contribution in [0, 0.1) is 0 Å². The van der Waals surface area contributed by atoms with Gasteiger partial charge in [-0.05, 0) is 0 Å². The first-order valence-corrected chi connectivity index (χ1v) is 19.2. The molecule has 0 amide bonds. The summed E-state index contributed by atoms with van der Waals surface area (Å²) in [5.74, 6) is 0. The fourth-order valence-electron chi connectivity index (χ4n) is 4.05. The third-order valence-corrected chi connectivity index (χ3v) is 31.9. The molecule has 1 aromatic carbocycles. The van der Waals surface area contributed by atoms with Crippen LogP contribution >= 0.6 is 24.8 Å². The summed E-state index contributed by atoms with van der Waals surface area (Å²) in [5.41, 5.74) is 0. The topological polar surface area (TPSA) is 3.24 Å². The molecule has 0 N–H and O–H groups in total. The monoisotopic (exact) mass is 495 g/mol. The third kappa shape index (κ3) is 5.43. The van der Waals surface area contributed by atoms with E-state index in [2.05, 4.69) is 94.9 Å². The van der Waals surface area contributed by atoms with Crippen LogP contribution in [-0.4, -0.2) is 22.6 Å². The SMILES string of the molecule is C=CC[N](CC=C)[Zr]([SiH2]c1ccccc1)([C]1=CC=CC1)[C]1=CC=CC1.Cl.Cl. The van der Waals surface area contributed by atoms with Crippen molar-refractivity contribution in [2.45, 2.75) is 12.8 Å². The first-order chi connectivity index (χ1) is 12.3. The number of allylic oxidation sites excluding steroid dienone is 8. The Hall–Kier alpha value is -0.700. The van der Waals surface area contributed by atoms with Gasteiger partial charge in [0.2, 0.25) is 0 Å². The van der Waals surface area contributed by atoms with Crippen molar-refractivity contribution < 1.29 is 19.7 Å². The zero-order chi connectivity index (χ0) is 17.5.